The fraction of sp³-hybridized carbons (Fsp3) is 0.500. The molecular weight excluding hydrogens is 316 g/mol. The molecule has 48 valence electrons. The molecule has 0 saturated carbocycles. The molecule has 0 aromatic carbocycles. The normalized spacial score (nSPS) is 13.0. The molecule has 0 rings (SSSR count). The molecule has 0 aromatic heterocycles. The third-order valence-corrected chi connectivity index (χ3v) is 3.54. The van der Waals surface area contributed by atoms with Crippen molar-refractivity contribution in [2.75, 3.05) is 0 Å². The van der Waals surface area contributed by atoms with E-state index in [9.17, 15) is 0 Å². The Balaban J connectivity index is 3.52. The highest BCUT2D eigenvalue weighted by atomic mass is 80.0. The summed E-state index contributed by atoms with van der Waals surface area (Å²) in [6.45, 7) is 2.11. The molecule has 0 amide bonds. The molecule has 0 nitrogen and oxygen atoms in total. The van der Waals surface area contributed by atoms with Crippen LogP contribution in [0.1, 0.15) is 13.3 Å². The fourth-order valence-electron chi connectivity index (χ4n) is 0.251. The van der Waals surface area contributed by atoms with Crippen LogP contribution in [0.25, 0.3) is 0 Å². The van der Waals surface area contributed by atoms with Gasteiger partial charge in [0, 0.05) is 0 Å². The molecule has 0 atom stereocenters. The second-order valence-electron chi connectivity index (χ2n) is 1.35. The highest BCUT2D eigenvalue weighted by molar-refractivity contribution is 9.72. The first-order valence-corrected chi connectivity index (χ1v) is 11.2. The van der Waals surface area contributed by atoms with Gasteiger partial charge in [0.1, 0.15) is 0 Å². The van der Waals surface area contributed by atoms with Gasteiger partial charge in [0.05, 0.1) is 0 Å². The smallest absolute Gasteiger partial charge is 0.0916 e. The van der Waals surface area contributed by atoms with Crippen molar-refractivity contribution in [2.45, 2.75) is 13.3 Å². The quantitative estimate of drug-likeness (QED) is 0.538. The van der Waals surface area contributed by atoms with Crippen molar-refractivity contribution in [2.24, 2.45) is 0 Å². The van der Waals surface area contributed by atoms with Gasteiger partial charge in [-0.15, -0.1) is 0 Å². The summed E-state index contributed by atoms with van der Waals surface area (Å²) in [5.74, 6) is 0. The lowest BCUT2D eigenvalue weighted by atomic mass is 10.5. The second-order valence-corrected chi connectivity index (χ2v) is 23.6. The summed E-state index contributed by atoms with van der Waals surface area (Å²) >= 11 is 10.4. The zero-order chi connectivity index (χ0) is 6.62. The molecule has 0 saturated heterocycles. The Labute approximate surface area is 74.5 Å². The van der Waals surface area contributed by atoms with Crippen molar-refractivity contribution in [1.29, 1.82) is 0 Å². The summed E-state index contributed by atoms with van der Waals surface area (Å²) in [5, 5.41) is 0. The van der Waals surface area contributed by atoms with Crippen LogP contribution in [0.5, 0.6) is 0 Å². The van der Waals surface area contributed by atoms with Crippen LogP contribution in [0.2, 0.25) is 0 Å². The van der Waals surface area contributed by atoms with Gasteiger partial charge in [0.2, 0.25) is 0 Å². The molecule has 0 fully saturated rings. The molecule has 0 aliphatic heterocycles. The number of allylic oxidation sites excluding steroid dienone is 1. The summed E-state index contributed by atoms with van der Waals surface area (Å²) in [7, 11) is 0. The molecule has 0 N–H and O–H groups in total. The molecule has 0 bridgehead atoms. The van der Waals surface area contributed by atoms with Crippen molar-refractivity contribution in [3.05, 3.63) is 11.8 Å². The maximum absolute atomic E-state index is 3.46. The van der Waals surface area contributed by atoms with E-state index in [4.69, 9.17) is 0 Å². The van der Waals surface area contributed by atoms with E-state index in [0.717, 1.165) is 6.42 Å². The van der Waals surface area contributed by atoms with Gasteiger partial charge in [-0.2, -0.15) is 0 Å². The first kappa shape index (κ1) is 9.40. The van der Waals surface area contributed by atoms with Crippen molar-refractivity contribution < 1.29 is 0 Å². The summed E-state index contributed by atoms with van der Waals surface area (Å²) < 4.78 is -1.42. The Morgan fingerprint density at radius 3 is 2.00 bits per heavy atom. The predicted molar refractivity (Wildman–Crippen MR) is 52.0 cm³/mol. The lowest BCUT2D eigenvalue weighted by Gasteiger charge is -1.97. The highest BCUT2D eigenvalue weighted by Crippen LogP contribution is 2.28. The van der Waals surface area contributed by atoms with Crippen LogP contribution in [-0.4, -0.2) is 3.93 Å². The SMILES string of the molecule is CCC=C[Si](Br)(Br)Br. The zero-order valence-electron chi connectivity index (χ0n) is 4.50. The minimum atomic E-state index is -1.42. The second kappa shape index (κ2) is 4.25. The number of halogens is 3. The number of rotatable bonds is 2. The standard InChI is InChI=1S/C4H7Br3Si/c1-2-3-4-8(5,6)7/h3-4H,2H2,1H3. The van der Waals surface area contributed by atoms with Crippen LogP contribution >= 0.6 is 45.9 Å². The van der Waals surface area contributed by atoms with Gasteiger partial charge in [-0.05, 0) is 6.42 Å². The van der Waals surface area contributed by atoms with Crippen molar-refractivity contribution in [3.8, 4) is 0 Å². The summed E-state index contributed by atoms with van der Waals surface area (Å²) in [5.41, 5.74) is 2.13. The van der Waals surface area contributed by atoms with Gasteiger partial charge in [-0.1, -0.05) is 64.6 Å². The van der Waals surface area contributed by atoms with E-state index in [-0.39, 0.29) is 0 Å². The Hall–Kier alpha value is 1.40. The summed E-state index contributed by atoms with van der Waals surface area (Å²) in [6.07, 6.45) is 3.22. The van der Waals surface area contributed by atoms with Crippen molar-refractivity contribution >= 4 is 49.8 Å². The lowest BCUT2D eigenvalue weighted by molar-refractivity contribution is 1.23. The fourth-order valence-corrected chi connectivity index (χ4v) is 2.44. The van der Waals surface area contributed by atoms with E-state index in [1.54, 1.807) is 0 Å². The van der Waals surface area contributed by atoms with Crippen LogP contribution in [0.4, 0.5) is 0 Å². The number of hydrogen-bond donors (Lipinski definition) is 0. The van der Waals surface area contributed by atoms with Gasteiger partial charge in [-0.3, -0.25) is 0 Å². The third-order valence-electron chi connectivity index (χ3n) is 0.543. The van der Waals surface area contributed by atoms with E-state index in [0.29, 0.717) is 0 Å². The molecule has 0 radical (unpaired) electrons. The van der Waals surface area contributed by atoms with Gasteiger partial charge in [-0.25, -0.2) is 0 Å². The Morgan fingerprint density at radius 1 is 1.38 bits per heavy atom. The largest absolute Gasteiger partial charge is 0.290 e. The number of hydrogen-bond acceptors (Lipinski definition) is 0. The Kier molecular flexibility index (Phi) is 4.99. The molecule has 8 heavy (non-hydrogen) atoms. The summed E-state index contributed by atoms with van der Waals surface area (Å²) in [4.78, 5) is 0. The van der Waals surface area contributed by atoms with Gasteiger partial charge in [0.15, 0.2) is 0 Å². The minimum absolute atomic E-state index is 1.09. The van der Waals surface area contributed by atoms with Crippen LogP contribution in [0, 0.1) is 0 Å². The molecule has 0 aliphatic rings. The topological polar surface area (TPSA) is 0 Å². The van der Waals surface area contributed by atoms with E-state index in [1.807, 2.05) is 0 Å². The average Bonchev–Trinajstić information content (AvgIpc) is 1.59. The molecule has 0 aromatic rings. The van der Waals surface area contributed by atoms with Crippen LogP contribution < -0.4 is 0 Å². The molecule has 0 heterocycles. The molecule has 4 heteroatoms. The average molecular weight is 323 g/mol. The maximum Gasteiger partial charge on any atom is 0.290 e. The molecule has 0 spiro atoms. The van der Waals surface area contributed by atoms with Gasteiger partial charge < -0.3 is 0 Å². The van der Waals surface area contributed by atoms with Crippen LogP contribution in [-0.2, 0) is 0 Å². The third kappa shape index (κ3) is 7.40. The predicted octanol–water partition coefficient (Wildman–Crippen LogP) is 3.62. The van der Waals surface area contributed by atoms with Gasteiger partial charge >= 0.3 is 0 Å². The molecule has 0 unspecified atom stereocenters. The van der Waals surface area contributed by atoms with Crippen LogP contribution in [0.3, 0.4) is 0 Å². The molecular formula is C4H7Br3Si. The Bertz CT molecular complexity index is 83.8. The van der Waals surface area contributed by atoms with E-state index >= 15 is 0 Å². The first-order valence-electron chi connectivity index (χ1n) is 2.30. The highest BCUT2D eigenvalue weighted by Gasteiger charge is 2.15. The lowest BCUT2D eigenvalue weighted by Crippen LogP contribution is -1.99. The van der Waals surface area contributed by atoms with Gasteiger partial charge in [0.25, 0.3) is 3.93 Å². The van der Waals surface area contributed by atoms with E-state index in [2.05, 4.69) is 64.6 Å². The summed E-state index contributed by atoms with van der Waals surface area (Å²) in [6, 6.07) is 0. The maximum atomic E-state index is 3.46. The minimum Gasteiger partial charge on any atom is -0.0916 e. The zero-order valence-corrected chi connectivity index (χ0v) is 10.3. The van der Waals surface area contributed by atoms with E-state index < -0.39 is 3.93 Å². The first-order chi connectivity index (χ1) is 3.56. The van der Waals surface area contributed by atoms with E-state index in [1.165, 1.54) is 0 Å². The van der Waals surface area contributed by atoms with Crippen molar-refractivity contribution in [3.63, 3.8) is 0 Å². The monoisotopic (exact) mass is 320 g/mol. The Morgan fingerprint density at radius 2 is 1.88 bits per heavy atom. The van der Waals surface area contributed by atoms with Crippen LogP contribution in [0.15, 0.2) is 11.8 Å². The van der Waals surface area contributed by atoms with Crippen molar-refractivity contribution in [1.82, 2.24) is 0 Å². The molecule has 0 aliphatic carbocycles.